The SMILES string of the molecule is O=C(CSc1ccccc1)Nc1ccc(C(=O)Nc2cccc(O)c2)cc1. The number of aromatic hydroxyl groups is 1. The molecule has 3 rings (SSSR count). The predicted molar refractivity (Wildman–Crippen MR) is 108 cm³/mol. The van der Waals surface area contributed by atoms with E-state index in [2.05, 4.69) is 10.6 Å². The number of carbonyl (C=O) groups is 2. The molecule has 0 aromatic heterocycles. The number of hydrogen-bond acceptors (Lipinski definition) is 4. The maximum atomic E-state index is 12.2. The van der Waals surface area contributed by atoms with Gasteiger partial charge in [0.15, 0.2) is 0 Å². The van der Waals surface area contributed by atoms with E-state index in [1.54, 1.807) is 36.4 Å². The van der Waals surface area contributed by atoms with Crippen LogP contribution in [0.2, 0.25) is 0 Å². The Kier molecular flexibility index (Phi) is 6.12. The van der Waals surface area contributed by atoms with Crippen molar-refractivity contribution in [3.63, 3.8) is 0 Å². The molecule has 0 radical (unpaired) electrons. The molecule has 0 saturated heterocycles. The zero-order valence-corrected chi connectivity index (χ0v) is 15.2. The Balaban J connectivity index is 1.53. The Morgan fingerprint density at radius 3 is 2.26 bits per heavy atom. The van der Waals surface area contributed by atoms with Crippen molar-refractivity contribution in [2.24, 2.45) is 0 Å². The van der Waals surface area contributed by atoms with E-state index in [-0.39, 0.29) is 17.6 Å². The summed E-state index contributed by atoms with van der Waals surface area (Å²) in [7, 11) is 0. The number of hydrogen-bond donors (Lipinski definition) is 3. The fourth-order valence-electron chi connectivity index (χ4n) is 2.35. The third kappa shape index (κ3) is 5.62. The van der Waals surface area contributed by atoms with Crippen molar-refractivity contribution >= 4 is 35.0 Å². The maximum absolute atomic E-state index is 12.2. The number of phenolic OH excluding ortho intramolecular Hbond substituents is 1. The normalized spacial score (nSPS) is 10.2. The molecule has 0 heterocycles. The van der Waals surface area contributed by atoms with Crippen LogP contribution in [0.5, 0.6) is 5.75 Å². The molecular weight excluding hydrogens is 360 g/mol. The van der Waals surface area contributed by atoms with Gasteiger partial charge in [-0.05, 0) is 48.5 Å². The Morgan fingerprint density at radius 2 is 1.56 bits per heavy atom. The molecule has 6 heteroatoms. The zero-order valence-electron chi connectivity index (χ0n) is 14.4. The number of rotatable bonds is 6. The summed E-state index contributed by atoms with van der Waals surface area (Å²) in [4.78, 5) is 25.3. The van der Waals surface area contributed by atoms with Gasteiger partial charge in [0, 0.05) is 27.9 Å². The minimum atomic E-state index is -0.293. The minimum absolute atomic E-state index is 0.0826. The quantitative estimate of drug-likeness (QED) is 0.557. The third-order valence-electron chi connectivity index (χ3n) is 3.65. The van der Waals surface area contributed by atoms with Crippen molar-refractivity contribution in [2.45, 2.75) is 4.90 Å². The monoisotopic (exact) mass is 378 g/mol. The highest BCUT2D eigenvalue weighted by Gasteiger charge is 2.08. The molecule has 3 aromatic carbocycles. The molecule has 0 unspecified atom stereocenters. The summed E-state index contributed by atoms with van der Waals surface area (Å²) < 4.78 is 0. The van der Waals surface area contributed by atoms with Crippen LogP contribution in [0, 0.1) is 0 Å². The number of benzene rings is 3. The van der Waals surface area contributed by atoms with Gasteiger partial charge in [0.1, 0.15) is 5.75 Å². The van der Waals surface area contributed by atoms with Gasteiger partial charge in [0.05, 0.1) is 5.75 Å². The summed E-state index contributed by atoms with van der Waals surface area (Å²) in [6.07, 6.45) is 0. The van der Waals surface area contributed by atoms with Crippen molar-refractivity contribution < 1.29 is 14.7 Å². The Labute approximate surface area is 161 Å². The van der Waals surface area contributed by atoms with Crippen molar-refractivity contribution in [2.75, 3.05) is 16.4 Å². The topological polar surface area (TPSA) is 78.4 Å². The van der Waals surface area contributed by atoms with E-state index >= 15 is 0 Å². The van der Waals surface area contributed by atoms with Gasteiger partial charge in [-0.3, -0.25) is 9.59 Å². The Hall–Kier alpha value is -3.25. The second-order valence-corrected chi connectivity index (χ2v) is 6.78. The highest BCUT2D eigenvalue weighted by Crippen LogP contribution is 2.19. The highest BCUT2D eigenvalue weighted by atomic mass is 32.2. The molecule has 2 amide bonds. The fraction of sp³-hybridized carbons (Fsp3) is 0.0476. The molecule has 136 valence electrons. The van der Waals surface area contributed by atoms with Crippen LogP contribution in [0.4, 0.5) is 11.4 Å². The molecule has 5 nitrogen and oxygen atoms in total. The van der Waals surface area contributed by atoms with Gasteiger partial charge in [-0.15, -0.1) is 11.8 Å². The van der Waals surface area contributed by atoms with E-state index < -0.39 is 0 Å². The zero-order chi connectivity index (χ0) is 19.1. The smallest absolute Gasteiger partial charge is 0.255 e. The molecule has 0 bridgehead atoms. The summed E-state index contributed by atoms with van der Waals surface area (Å²) in [5.41, 5.74) is 1.59. The lowest BCUT2D eigenvalue weighted by molar-refractivity contribution is -0.113. The van der Waals surface area contributed by atoms with Crippen molar-refractivity contribution in [1.29, 1.82) is 0 Å². The number of phenols is 1. The Bertz CT molecular complexity index is 928. The number of carbonyl (C=O) groups excluding carboxylic acids is 2. The van der Waals surface area contributed by atoms with E-state index in [1.807, 2.05) is 30.3 Å². The number of amides is 2. The number of nitrogens with one attached hydrogen (secondary N) is 2. The van der Waals surface area contributed by atoms with Crippen LogP contribution < -0.4 is 10.6 Å². The summed E-state index contributed by atoms with van der Waals surface area (Å²) in [5.74, 6) is -0.0119. The second-order valence-electron chi connectivity index (χ2n) is 5.73. The molecule has 3 N–H and O–H groups in total. The van der Waals surface area contributed by atoms with Crippen LogP contribution in [0.3, 0.4) is 0 Å². The van der Waals surface area contributed by atoms with E-state index in [0.29, 0.717) is 22.7 Å². The highest BCUT2D eigenvalue weighted by molar-refractivity contribution is 8.00. The van der Waals surface area contributed by atoms with Crippen LogP contribution in [-0.4, -0.2) is 22.7 Å². The molecule has 0 atom stereocenters. The Morgan fingerprint density at radius 1 is 0.815 bits per heavy atom. The third-order valence-corrected chi connectivity index (χ3v) is 4.66. The van der Waals surface area contributed by atoms with Crippen LogP contribution in [0.1, 0.15) is 10.4 Å². The maximum Gasteiger partial charge on any atom is 0.255 e. The molecule has 0 spiro atoms. The molecule has 0 saturated carbocycles. The lowest BCUT2D eigenvalue weighted by Crippen LogP contribution is -2.15. The van der Waals surface area contributed by atoms with Crippen LogP contribution in [-0.2, 0) is 4.79 Å². The van der Waals surface area contributed by atoms with E-state index in [0.717, 1.165) is 4.90 Å². The largest absolute Gasteiger partial charge is 0.508 e. The standard InChI is InChI=1S/C21H18N2O3S/c24-18-6-4-5-17(13-18)23-21(26)15-9-11-16(12-10-15)22-20(25)14-27-19-7-2-1-3-8-19/h1-13,24H,14H2,(H,22,25)(H,23,26). The first-order valence-electron chi connectivity index (χ1n) is 8.28. The van der Waals surface area contributed by atoms with Gasteiger partial charge in [-0.1, -0.05) is 24.3 Å². The number of thioether (sulfide) groups is 1. The van der Waals surface area contributed by atoms with Gasteiger partial charge in [0.2, 0.25) is 5.91 Å². The first-order chi connectivity index (χ1) is 13.1. The molecule has 27 heavy (non-hydrogen) atoms. The molecule has 0 aliphatic heterocycles. The van der Waals surface area contributed by atoms with E-state index in [9.17, 15) is 14.7 Å². The first kappa shape index (κ1) is 18.5. The average Bonchev–Trinajstić information content (AvgIpc) is 2.68. The van der Waals surface area contributed by atoms with Crippen molar-refractivity contribution in [3.8, 4) is 5.75 Å². The fourth-order valence-corrected chi connectivity index (χ4v) is 3.07. The minimum Gasteiger partial charge on any atom is -0.508 e. The van der Waals surface area contributed by atoms with Gasteiger partial charge in [-0.2, -0.15) is 0 Å². The van der Waals surface area contributed by atoms with Crippen molar-refractivity contribution in [1.82, 2.24) is 0 Å². The van der Waals surface area contributed by atoms with Gasteiger partial charge in [0.25, 0.3) is 5.91 Å². The lowest BCUT2D eigenvalue weighted by atomic mass is 10.2. The van der Waals surface area contributed by atoms with E-state index in [4.69, 9.17) is 0 Å². The van der Waals surface area contributed by atoms with Crippen molar-refractivity contribution in [3.05, 3.63) is 84.4 Å². The summed E-state index contributed by atoms with van der Waals surface area (Å²) in [5, 5.41) is 15.0. The molecule has 0 aliphatic carbocycles. The van der Waals surface area contributed by atoms with Crippen LogP contribution in [0.15, 0.2) is 83.8 Å². The summed E-state index contributed by atoms with van der Waals surface area (Å²) >= 11 is 1.46. The predicted octanol–water partition coefficient (Wildman–Crippen LogP) is 4.38. The van der Waals surface area contributed by atoms with Crippen LogP contribution >= 0.6 is 11.8 Å². The molecular formula is C21H18N2O3S. The van der Waals surface area contributed by atoms with Crippen LogP contribution in [0.25, 0.3) is 0 Å². The summed E-state index contributed by atoms with van der Waals surface area (Å²) in [6.45, 7) is 0. The molecule has 0 aliphatic rings. The van der Waals surface area contributed by atoms with Gasteiger partial charge < -0.3 is 15.7 Å². The molecule has 3 aromatic rings. The van der Waals surface area contributed by atoms with Gasteiger partial charge >= 0.3 is 0 Å². The average molecular weight is 378 g/mol. The lowest BCUT2D eigenvalue weighted by Gasteiger charge is -2.08. The first-order valence-corrected chi connectivity index (χ1v) is 9.27. The summed E-state index contributed by atoms with van der Waals surface area (Å²) in [6, 6.07) is 22.7. The van der Waals surface area contributed by atoms with E-state index in [1.165, 1.54) is 23.9 Å². The number of anilines is 2. The second kappa shape index (κ2) is 8.91. The molecule has 0 fully saturated rings. The van der Waals surface area contributed by atoms with Gasteiger partial charge in [-0.25, -0.2) is 0 Å².